The number of benzene rings is 2. The molecule has 0 aliphatic carbocycles. The van der Waals surface area contributed by atoms with E-state index in [0.29, 0.717) is 5.02 Å². The minimum atomic E-state index is -3.73. The van der Waals surface area contributed by atoms with Crippen molar-refractivity contribution in [2.45, 2.75) is 49.1 Å². The zero-order chi connectivity index (χ0) is 23.9. The Labute approximate surface area is 208 Å². The second-order valence-electron chi connectivity index (χ2n) is 8.58. The van der Waals surface area contributed by atoms with Gasteiger partial charge in [0.15, 0.2) is 4.34 Å². The number of rotatable bonds is 6. The number of fused-ring (bicyclic) bond motifs is 1. The van der Waals surface area contributed by atoms with Crippen molar-refractivity contribution in [1.82, 2.24) is 14.2 Å². The summed E-state index contributed by atoms with van der Waals surface area (Å²) in [5.41, 5.74) is 1.81. The van der Waals surface area contributed by atoms with Crippen LogP contribution in [0, 0.1) is 12.8 Å². The van der Waals surface area contributed by atoms with Gasteiger partial charge in [0.25, 0.3) is 0 Å². The normalized spacial score (nSPS) is 19.6. The second-order valence-corrected chi connectivity index (χ2v) is 13.2. The highest BCUT2D eigenvalue weighted by atomic mass is 35.5. The van der Waals surface area contributed by atoms with Crippen molar-refractivity contribution < 1.29 is 13.2 Å². The number of hydrogen-bond donors (Lipinski definition) is 0. The average molecular weight is 524 g/mol. The Morgan fingerprint density at radius 2 is 1.94 bits per heavy atom. The van der Waals surface area contributed by atoms with Crippen LogP contribution in [-0.2, 0) is 14.8 Å². The fraction of sp³-hybridized carbons (Fsp3) is 0.391. The minimum Gasteiger partial charge on any atom is -0.321 e. The Bertz CT molecular complexity index is 1280. The van der Waals surface area contributed by atoms with Crippen molar-refractivity contribution in [3.63, 3.8) is 0 Å². The average Bonchev–Trinajstić information content (AvgIpc) is 3.33. The van der Waals surface area contributed by atoms with E-state index in [1.807, 2.05) is 45.9 Å². The van der Waals surface area contributed by atoms with E-state index >= 15 is 0 Å². The van der Waals surface area contributed by atoms with E-state index < -0.39 is 16.2 Å². The predicted octanol–water partition coefficient (Wildman–Crippen LogP) is 5.25. The van der Waals surface area contributed by atoms with Crippen molar-refractivity contribution >= 4 is 60.8 Å². The lowest BCUT2D eigenvalue weighted by atomic mass is 10.1. The lowest BCUT2D eigenvalue weighted by molar-refractivity contribution is -0.132. The number of aromatic nitrogens is 1. The molecule has 3 aromatic rings. The molecule has 4 rings (SSSR count). The maximum Gasteiger partial charge on any atom is 0.244 e. The molecule has 2 heterocycles. The molecule has 1 fully saturated rings. The molecule has 0 spiro atoms. The summed E-state index contributed by atoms with van der Waals surface area (Å²) < 4.78 is 30.2. The van der Waals surface area contributed by atoms with Crippen LogP contribution in [0.4, 0.5) is 0 Å². The van der Waals surface area contributed by atoms with Crippen molar-refractivity contribution in [2.24, 2.45) is 5.92 Å². The van der Waals surface area contributed by atoms with Gasteiger partial charge in [0.05, 0.1) is 20.9 Å². The number of carbonyl (C=O) groups excluding carboxylic acids is 1. The molecule has 1 aromatic heterocycles. The largest absolute Gasteiger partial charge is 0.321 e. The van der Waals surface area contributed by atoms with Gasteiger partial charge in [-0.25, -0.2) is 13.4 Å². The van der Waals surface area contributed by atoms with Gasteiger partial charge in [0.1, 0.15) is 6.17 Å². The summed E-state index contributed by atoms with van der Waals surface area (Å²) in [5, 5.41) is 0.626. The lowest BCUT2D eigenvalue weighted by Gasteiger charge is -2.33. The molecule has 6 nitrogen and oxygen atoms in total. The lowest BCUT2D eigenvalue weighted by Crippen LogP contribution is -2.49. The smallest absolute Gasteiger partial charge is 0.244 e. The van der Waals surface area contributed by atoms with Crippen LogP contribution in [-0.4, -0.2) is 53.0 Å². The number of thiazole rings is 1. The molecule has 33 heavy (non-hydrogen) atoms. The third kappa shape index (κ3) is 4.93. The van der Waals surface area contributed by atoms with E-state index in [4.69, 9.17) is 11.6 Å². The molecule has 2 aromatic carbocycles. The summed E-state index contributed by atoms with van der Waals surface area (Å²) in [6.45, 7) is 8.00. The Morgan fingerprint density at radius 1 is 1.24 bits per heavy atom. The van der Waals surface area contributed by atoms with Crippen LogP contribution in [0.3, 0.4) is 0 Å². The number of aryl methyl sites for hydroxylation is 1. The van der Waals surface area contributed by atoms with Crippen molar-refractivity contribution in [3.8, 4) is 0 Å². The summed E-state index contributed by atoms with van der Waals surface area (Å²) in [7, 11) is -3.73. The highest BCUT2D eigenvalue weighted by molar-refractivity contribution is 8.01. The van der Waals surface area contributed by atoms with Gasteiger partial charge in [-0.2, -0.15) is 4.31 Å². The number of sulfonamides is 1. The molecule has 1 aliphatic heterocycles. The molecular weight excluding hydrogens is 498 g/mol. The highest BCUT2D eigenvalue weighted by Gasteiger charge is 2.47. The maximum atomic E-state index is 13.4. The summed E-state index contributed by atoms with van der Waals surface area (Å²) in [4.78, 5) is 19.9. The van der Waals surface area contributed by atoms with Gasteiger partial charge in [0, 0.05) is 17.6 Å². The molecule has 2 atom stereocenters. The van der Waals surface area contributed by atoms with E-state index in [-0.39, 0.29) is 35.1 Å². The van der Waals surface area contributed by atoms with Gasteiger partial charge >= 0.3 is 0 Å². The van der Waals surface area contributed by atoms with Crippen LogP contribution in [0.2, 0.25) is 5.02 Å². The summed E-state index contributed by atoms with van der Waals surface area (Å²) in [6, 6.07) is 12.2. The van der Waals surface area contributed by atoms with Gasteiger partial charge in [-0.15, -0.1) is 11.3 Å². The molecule has 1 amide bonds. The molecule has 0 bridgehead atoms. The van der Waals surface area contributed by atoms with E-state index in [9.17, 15) is 13.2 Å². The Hall–Kier alpha value is -1.65. The molecule has 0 N–H and O–H groups in total. The molecule has 176 valence electrons. The van der Waals surface area contributed by atoms with Crippen LogP contribution in [0.5, 0.6) is 0 Å². The highest BCUT2D eigenvalue weighted by Crippen LogP contribution is 2.35. The predicted molar refractivity (Wildman–Crippen MR) is 135 cm³/mol. The van der Waals surface area contributed by atoms with Crippen LogP contribution >= 0.6 is 34.7 Å². The van der Waals surface area contributed by atoms with Crippen LogP contribution < -0.4 is 0 Å². The Morgan fingerprint density at radius 3 is 2.61 bits per heavy atom. The van der Waals surface area contributed by atoms with Gasteiger partial charge in [-0.1, -0.05) is 54.9 Å². The quantitative estimate of drug-likeness (QED) is 0.412. The van der Waals surface area contributed by atoms with Gasteiger partial charge in [-0.05, 0) is 50.1 Å². The zero-order valence-electron chi connectivity index (χ0n) is 18.9. The van der Waals surface area contributed by atoms with E-state index in [1.54, 1.807) is 29.2 Å². The van der Waals surface area contributed by atoms with E-state index in [1.165, 1.54) is 27.4 Å². The minimum absolute atomic E-state index is 0.0614. The Balaban J connectivity index is 1.54. The zero-order valence-corrected chi connectivity index (χ0v) is 22.1. The van der Waals surface area contributed by atoms with Crippen molar-refractivity contribution in [1.29, 1.82) is 0 Å². The molecule has 1 saturated heterocycles. The molecule has 1 aliphatic rings. The SMILES string of the molecule is Cc1ccc(S(=O)(=O)N2C[C@H](C)N(C(=O)CSc3nc4cc(Cl)ccc4s3)[C@@H]2C(C)C)cc1. The standard InChI is InChI=1S/C23H26ClN3O3S3/c1-14(2)22-26(33(29,30)18-8-5-15(3)6-9-18)12-16(4)27(22)21(28)13-31-23-25-19-11-17(24)7-10-20(19)32-23/h5-11,14,16,22H,12-13H2,1-4H3/t16-,22+/m0/s1. The number of halogens is 1. The third-order valence-electron chi connectivity index (χ3n) is 5.66. The van der Waals surface area contributed by atoms with Gasteiger partial charge in [-0.3, -0.25) is 4.79 Å². The molecule has 0 radical (unpaired) electrons. The van der Waals surface area contributed by atoms with Crippen molar-refractivity contribution in [2.75, 3.05) is 12.3 Å². The number of amides is 1. The number of hydrogen-bond acceptors (Lipinski definition) is 6. The summed E-state index contributed by atoms with van der Waals surface area (Å²) in [5.74, 6) is 0.0401. The summed E-state index contributed by atoms with van der Waals surface area (Å²) in [6.07, 6.45) is -0.534. The topological polar surface area (TPSA) is 70.6 Å². The fourth-order valence-corrected chi connectivity index (χ4v) is 8.00. The fourth-order valence-electron chi connectivity index (χ4n) is 4.13. The second kappa shape index (κ2) is 9.54. The van der Waals surface area contributed by atoms with E-state index in [0.717, 1.165) is 20.1 Å². The molecule has 0 saturated carbocycles. The first kappa shape index (κ1) is 24.5. The Kier molecular flexibility index (Phi) is 7.08. The first-order valence-electron chi connectivity index (χ1n) is 10.7. The number of nitrogens with zero attached hydrogens (tertiary/aromatic N) is 3. The first-order valence-corrected chi connectivity index (χ1v) is 14.3. The first-order chi connectivity index (χ1) is 15.6. The van der Waals surface area contributed by atoms with Crippen LogP contribution in [0.1, 0.15) is 26.3 Å². The number of carbonyl (C=O) groups is 1. The van der Waals surface area contributed by atoms with E-state index in [2.05, 4.69) is 4.98 Å². The third-order valence-corrected chi connectivity index (χ3v) is 9.91. The van der Waals surface area contributed by atoms with Gasteiger partial charge in [0.2, 0.25) is 15.9 Å². The molecular formula is C23H26ClN3O3S3. The molecule has 10 heteroatoms. The van der Waals surface area contributed by atoms with Crippen LogP contribution in [0.15, 0.2) is 51.7 Å². The summed E-state index contributed by atoms with van der Waals surface area (Å²) >= 11 is 8.94. The monoisotopic (exact) mass is 523 g/mol. The maximum absolute atomic E-state index is 13.4. The van der Waals surface area contributed by atoms with Crippen molar-refractivity contribution in [3.05, 3.63) is 53.1 Å². The van der Waals surface area contributed by atoms with Gasteiger partial charge < -0.3 is 4.90 Å². The molecule has 0 unspecified atom stereocenters. The van der Waals surface area contributed by atoms with Crippen LogP contribution in [0.25, 0.3) is 10.2 Å². The number of thioether (sulfide) groups is 1.